The van der Waals surface area contributed by atoms with E-state index >= 15 is 0 Å². The lowest BCUT2D eigenvalue weighted by atomic mass is 9.89. The quantitative estimate of drug-likeness (QED) is 0.726. The maximum Gasteiger partial charge on any atom is 0.124 e. The Kier molecular flexibility index (Phi) is 3.04. The number of hydrogen-bond donors (Lipinski definition) is 0. The molecule has 0 aliphatic carbocycles. The summed E-state index contributed by atoms with van der Waals surface area (Å²) in [7, 11) is 0. The molecule has 1 aliphatic rings. The van der Waals surface area contributed by atoms with E-state index < -0.39 is 0 Å². The van der Waals surface area contributed by atoms with Crippen molar-refractivity contribution in [3.63, 3.8) is 0 Å². The van der Waals surface area contributed by atoms with E-state index in [1.807, 2.05) is 43.3 Å². The molecule has 1 atom stereocenters. The van der Waals surface area contributed by atoms with E-state index in [2.05, 4.69) is 22.0 Å². The summed E-state index contributed by atoms with van der Waals surface area (Å²) in [4.78, 5) is 0. The average molecular weight is 314 g/mol. The van der Waals surface area contributed by atoms with Crippen molar-refractivity contribution >= 4 is 15.9 Å². The van der Waals surface area contributed by atoms with Gasteiger partial charge in [0.25, 0.3) is 0 Å². The zero-order chi connectivity index (χ0) is 13.4. The van der Waals surface area contributed by atoms with Gasteiger partial charge in [-0.25, -0.2) is 0 Å². The van der Waals surface area contributed by atoms with Gasteiger partial charge in [-0.1, -0.05) is 39.7 Å². The zero-order valence-electron chi connectivity index (χ0n) is 10.5. The Morgan fingerprint density at radius 3 is 2.84 bits per heavy atom. The minimum absolute atomic E-state index is 0.273. The van der Waals surface area contributed by atoms with E-state index in [4.69, 9.17) is 4.74 Å². The molecule has 3 heteroatoms. The fourth-order valence-corrected chi connectivity index (χ4v) is 2.83. The summed E-state index contributed by atoms with van der Waals surface area (Å²) in [5.41, 5.74) is 4.20. The number of halogens is 1. The Morgan fingerprint density at radius 2 is 2.05 bits per heavy atom. The van der Waals surface area contributed by atoms with Crippen LogP contribution in [-0.4, -0.2) is 0 Å². The van der Waals surface area contributed by atoms with Crippen molar-refractivity contribution in [1.29, 1.82) is 5.26 Å². The summed E-state index contributed by atoms with van der Waals surface area (Å²) < 4.78 is 6.82. The SMILES string of the molecule is Cc1ccc2c(c1)[C@H](C#N)c1cc(Br)ccc1CO2. The van der Waals surface area contributed by atoms with Gasteiger partial charge < -0.3 is 4.74 Å². The van der Waals surface area contributed by atoms with Gasteiger partial charge in [-0.15, -0.1) is 0 Å². The third-order valence-electron chi connectivity index (χ3n) is 3.41. The van der Waals surface area contributed by atoms with E-state index in [-0.39, 0.29) is 5.92 Å². The maximum absolute atomic E-state index is 9.57. The van der Waals surface area contributed by atoms with Gasteiger partial charge in [0.05, 0.1) is 6.07 Å². The molecule has 0 aromatic heterocycles. The molecule has 94 valence electrons. The molecule has 2 nitrogen and oxygen atoms in total. The molecule has 0 bridgehead atoms. The number of hydrogen-bond acceptors (Lipinski definition) is 2. The predicted octanol–water partition coefficient (Wildman–Crippen LogP) is 4.31. The molecular formula is C16H12BrNO. The predicted molar refractivity (Wildman–Crippen MR) is 77.1 cm³/mol. The third-order valence-corrected chi connectivity index (χ3v) is 3.90. The number of nitrogens with zero attached hydrogens (tertiary/aromatic N) is 1. The van der Waals surface area contributed by atoms with Crippen LogP contribution in [0.5, 0.6) is 5.75 Å². The molecule has 0 radical (unpaired) electrons. The lowest BCUT2D eigenvalue weighted by molar-refractivity contribution is 0.307. The summed E-state index contributed by atoms with van der Waals surface area (Å²) in [6.45, 7) is 2.54. The summed E-state index contributed by atoms with van der Waals surface area (Å²) in [5.74, 6) is 0.536. The minimum Gasteiger partial charge on any atom is -0.489 e. The number of aryl methyl sites for hydroxylation is 1. The molecule has 3 rings (SSSR count). The molecule has 0 spiro atoms. The normalized spacial score (nSPS) is 16.6. The fraction of sp³-hybridized carbons (Fsp3) is 0.188. The second-order valence-corrected chi connectivity index (χ2v) is 5.65. The average Bonchev–Trinajstić information content (AvgIpc) is 2.54. The molecule has 0 N–H and O–H groups in total. The van der Waals surface area contributed by atoms with Crippen molar-refractivity contribution < 1.29 is 4.74 Å². The second-order valence-electron chi connectivity index (χ2n) is 4.74. The lowest BCUT2D eigenvalue weighted by Crippen LogP contribution is -2.00. The van der Waals surface area contributed by atoms with Gasteiger partial charge in [0, 0.05) is 10.0 Å². The Hall–Kier alpha value is -1.79. The van der Waals surface area contributed by atoms with Gasteiger partial charge in [0.1, 0.15) is 18.3 Å². The molecule has 0 fully saturated rings. The van der Waals surface area contributed by atoms with Gasteiger partial charge in [-0.3, -0.25) is 0 Å². The number of ether oxygens (including phenoxy) is 1. The highest BCUT2D eigenvalue weighted by Crippen LogP contribution is 2.38. The van der Waals surface area contributed by atoms with Crippen molar-refractivity contribution in [2.45, 2.75) is 19.4 Å². The number of rotatable bonds is 0. The van der Waals surface area contributed by atoms with Crippen LogP contribution in [0.3, 0.4) is 0 Å². The molecule has 0 unspecified atom stereocenters. The van der Waals surface area contributed by atoms with Gasteiger partial charge in [-0.2, -0.15) is 5.26 Å². The number of nitriles is 1. The van der Waals surface area contributed by atoms with E-state index in [1.54, 1.807) is 0 Å². The largest absolute Gasteiger partial charge is 0.489 e. The molecule has 2 aromatic carbocycles. The van der Waals surface area contributed by atoms with Crippen molar-refractivity contribution in [2.24, 2.45) is 0 Å². The highest BCUT2D eigenvalue weighted by atomic mass is 79.9. The van der Waals surface area contributed by atoms with Gasteiger partial charge >= 0.3 is 0 Å². The highest BCUT2D eigenvalue weighted by Gasteiger charge is 2.24. The van der Waals surface area contributed by atoms with E-state index in [0.29, 0.717) is 6.61 Å². The Balaban J connectivity index is 2.24. The molecular weight excluding hydrogens is 302 g/mol. The summed E-state index contributed by atoms with van der Waals surface area (Å²) in [5, 5.41) is 9.57. The molecule has 0 saturated carbocycles. The van der Waals surface area contributed by atoms with Crippen molar-refractivity contribution in [2.75, 3.05) is 0 Å². The van der Waals surface area contributed by atoms with E-state index in [1.165, 1.54) is 0 Å². The molecule has 0 amide bonds. The van der Waals surface area contributed by atoms with E-state index in [0.717, 1.165) is 32.5 Å². The van der Waals surface area contributed by atoms with Crippen molar-refractivity contribution in [1.82, 2.24) is 0 Å². The van der Waals surface area contributed by atoms with Crippen LogP contribution < -0.4 is 4.74 Å². The number of fused-ring (bicyclic) bond motifs is 2. The zero-order valence-corrected chi connectivity index (χ0v) is 12.1. The topological polar surface area (TPSA) is 33.0 Å². The van der Waals surface area contributed by atoms with Crippen LogP contribution in [0.4, 0.5) is 0 Å². The Morgan fingerprint density at radius 1 is 1.21 bits per heavy atom. The van der Waals surface area contributed by atoms with E-state index in [9.17, 15) is 5.26 Å². The van der Waals surface area contributed by atoms with Crippen LogP contribution in [0.15, 0.2) is 40.9 Å². The van der Waals surface area contributed by atoms with Crippen LogP contribution in [0.1, 0.15) is 28.2 Å². The third kappa shape index (κ3) is 2.13. The van der Waals surface area contributed by atoms with Crippen LogP contribution in [0, 0.1) is 18.3 Å². The van der Waals surface area contributed by atoms with Crippen molar-refractivity contribution in [3.8, 4) is 11.8 Å². The van der Waals surface area contributed by atoms with Gasteiger partial charge in [0.2, 0.25) is 0 Å². The first-order chi connectivity index (χ1) is 9.19. The Bertz CT molecular complexity index is 634. The van der Waals surface area contributed by atoms with Gasteiger partial charge in [0.15, 0.2) is 0 Å². The fourth-order valence-electron chi connectivity index (χ4n) is 2.45. The first-order valence-electron chi connectivity index (χ1n) is 6.10. The Labute approximate surface area is 120 Å². The summed E-state index contributed by atoms with van der Waals surface area (Å²) in [6, 6.07) is 14.4. The maximum atomic E-state index is 9.57. The molecule has 19 heavy (non-hydrogen) atoms. The lowest BCUT2D eigenvalue weighted by Gasteiger charge is -2.12. The molecule has 1 aliphatic heterocycles. The highest BCUT2D eigenvalue weighted by molar-refractivity contribution is 9.10. The standard InChI is InChI=1S/C16H12BrNO/c1-10-2-5-16-14(6-10)15(8-18)13-7-12(17)4-3-11(13)9-19-16/h2-7,15H,9H2,1H3/t15-/m1/s1. The number of benzene rings is 2. The summed E-state index contributed by atoms with van der Waals surface area (Å²) in [6.07, 6.45) is 0. The summed E-state index contributed by atoms with van der Waals surface area (Å²) >= 11 is 3.48. The first-order valence-corrected chi connectivity index (χ1v) is 6.89. The minimum atomic E-state index is -0.273. The second kappa shape index (κ2) is 4.71. The van der Waals surface area contributed by atoms with Crippen LogP contribution in [-0.2, 0) is 6.61 Å². The monoisotopic (exact) mass is 313 g/mol. The first kappa shape index (κ1) is 12.3. The molecule has 0 saturated heterocycles. The van der Waals surface area contributed by atoms with Crippen LogP contribution in [0.25, 0.3) is 0 Å². The smallest absolute Gasteiger partial charge is 0.124 e. The van der Waals surface area contributed by atoms with Crippen molar-refractivity contribution in [3.05, 3.63) is 63.1 Å². The van der Waals surface area contributed by atoms with Crippen LogP contribution >= 0.6 is 15.9 Å². The van der Waals surface area contributed by atoms with Crippen LogP contribution in [0.2, 0.25) is 0 Å². The molecule has 2 aromatic rings. The van der Waals surface area contributed by atoms with Gasteiger partial charge in [-0.05, 0) is 36.2 Å². The molecule has 1 heterocycles.